The molecule has 0 aromatic carbocycles. The molecular weight excluding hydrogens is 255 g/mol. The first-order valence-electron chi connectivity index (χ1n) is 5.22. The summed E-state index contributed by atoms with van der Waals surface area (Å²) in [6, 6.07) is 0. The van der Waals surface area contributed by atoms with Gasteiger partial charge < -0.3 is 30.6 Å². The van der Waals surface area contributed by atoms with Crippen molar-refractivity contribution < 1.29 is 34.5 Å². The Hall–Kier alpha value is 0.0400. The van der Waals surface area contributed by atoms with Gasteiger partial charge in [-0.3, -0.25) is 0 Å². The molecule has 0 radical (unpaired) electrons. The van der Waals surface area contributed by atoms with Gasteiger partial charge in [0.25, 0.3) is 0 Å². The lowest BCUT2D eigenvalue weighted by atomic mass is 9.73. The molecule has 0 heterocycles. The maximum absolute atomic E-state index is 11.9. The maximum Gasteiger partial charge on any atom is 0.122 e. The van der Waals surface area contributed by atoms with E-state index in [0.29, 0.717) is 0 Å². The number of hydrogen-bond acceptors (Lipinski definition) is 7. The Kier molecular flexibility index (Phi) is 5.14. The normalized spacial score (nSPS) is 47.1. The molecule has 4 atom stereocenters. The molecule has 4 unspecified atom stereocenters. The molecular formula is C9H17FO6S. The van der Waals surface area contributed by atoms with Crippen molar-refractivity contribution in [1.29, 1.82) is 0 Å². The van der Waals surface area contributed by atoms with Gasteiger partial charge in [0.2, 0.25) is 0 Å². The van der Waals surface area contributed by atoms with Crippen LogP contribution in [0.15, 0.2) is 0 Å². The Labute approximate surface area is 102 Å². The first kappa shape index (κ1) is 15.1. The van der Waals surface area contributed by atoms with Gasteiger partial charge in [-0.15, -0.1) is 0 Å². The minimum absolute atomic E-state index is 0.0447. The van der Waals surface area contributed by atoms with Crippen LogP contribution in [0.4, 0.5) is 3.89 Å². The van der Waals surface area contributed by atoms with Crippen molar-refractivity contribution in [3.05, 3.63) is 0 Å². The van der Waals surface area contributed by atoms with Crippen LogP contribution in [0.3, 0.4) is 0 Å². The molecule has 17 heavy (non-hydrogen) atoms. The number of aliphatic hydroxyl groups is 6. The van der Waals surface area contributed by atoms with Crippen molar-refractivity contribution in [2.75, 3.05) is 5.75 Å². The topological polar surface area (TPSA) is 121 Å². The molecule has 0 aromatic rings. The van der Waals surface area contributed by atoms with Crippen molar-refractivity contribution in [1.82, 2.24) is 0 Å². The zero-order chi connectivity index (χ0) is 13.2. The minimum atomic E-state index is -2.16. The number of rotatable bonds is 4. The Bertz CT molecular complexity index is 240. The molecule has 1 aliphatic carbocycles. The van der Waals surface area contributed by atoms with Gasteiger partial charge in [0, 0.05) is 17.9 Å². The largest absolute Gasteiger partial charge is 0.387 e. The highest BCUT2D eigenvalue weighted by molar-refractivity contribution is 7.94. The third-order valence-corrected chi connectivity index (χ3v) is 3.61. The summed E-state index contributed by atoms with van der Waals surface area (Å²) in [5.41, 5.74) is -2.16. The van der Waals surface area contributed by atoms with Crippen molar-refractivity contribution in [3.8, 4) is 0 Å². The monoisotopic (exact) mass is 272 g/mol. The summed E-state index contributed by atoms with van der Waals surface area (Å²) in [5, 5.41) is 57.4. The van der Waals surface area contributed by atoms with Gasteiger partial charge in [-0.1, -0.05) is 0 Å². The molecule has 1 fully saturated rings. The molecule has 1 aliphatic rings. The van der Waals surface area contributed by atoms with E-state index in [1.165, 1.54) is 0 Å². The third-order valence-electron chi connectivity index (χ3n) is 3.17. The average Bonchev–Trinajstić information content (AvgIpc) is 2.32. The molecule has 0 aliphatic heterocycles. The second-order valence-electron chi connectivity index (χ2n) is 4.27. The standard InChI is InChI=1S/C9H17FO6S/c10-17-3-1-2-9(16)7(14)5(12)4(11)6(13)8(9)15/h4-8,11-16H,1-3H2. The number of aliphatic hydroxyl groups excluding tert-OH is 5. The second-order valence-corrected chi connectivity index (χ2v) is 4.90. The lowest BCUT2D eigenvalue weighted by Gasteiger charge is -2.47. The van der Waals surface area contributed by atoms with Gasteiger partial charge in [0.15, 0.2) is 0 Å². The molecule has 1 saturated carbocycles. The van der Waals surface area contributed by atoms with E-state index in [1.54, 1.807) is 0 Å². The van der Waals surface area contributed by atoms with Gasteiger partial charge in [-0.2, -0.15) is 3.89 Å². The molecule has 0 amide bonds. The van der Waals surface area contributed by atoms with Gasteiger partial charge in [0.1, 0.15) is 36.1 Å². The van der Waals surface area contributed by atoms with Crippen LogP contribution in [0.1, 0.15) is 12.8 Å². The van der Waals surface area contributed by atoms with Crippen molar-refractivity contribution >= 4 is 12.1 Å². The summed E-state index contributed by atoms with van der Waals surface area (Å²) in [6.45, 7) is 0. The molecule has 0 bridgehead atoms. The fourth-order valence-electron chi connectivity index (χ4n) is 2.05. The first-order chi connectivity index (χ1) is 7.86. The Morgan fingerprint density at radius 3 is 1.82 bits per heavy atom. The lowest BCUT2D eigenvalue weighted by molar-refractivity contribution is -0.269. The highest BCUT2D eigenvalue weighted by atomic mass is 32.2. The van der Waals surface area contributed by atoms with Crippen molar-refractivity contribution in [3.63, 3.8) is 0 Å². The maximum atomic E-state index is 11.9. The highest BCUT2D eigenvalue weighted by Gasteiger charge is 2.56. The van der Waals surface area contributed by atoms with Gasteiger partial charge >= 0.3 is 0 Å². The summed E-state index contributed by atoms with van der Waals surface area (Å²) >= 11 is 0.0447. The van der Waals surface area contributed by atoms with Crippen LogP contribution in [-0.4, -0.2) is 72.5 Å². The lowest BCUT2D eigenvalue weighted by Crippen LogP contribution is -2.70. The highest BCUT2D eigenvalue weighted by Crippen LogP contribution is 2.34. The molecule has 8 heteroatoms. The van der Waals surface area contributed by atoms with Gasteiger partial charge in [-0.05, 0) is 12.8 Å². The van der Waals surface area contributed by atoms with E-state index in [9.17, 15) is 34.5 Å². The molecule has 0 spiro atoms. The molecule has 1 rings (SSSR count). The first-order valence-corrected chi connectivity index (χ1v) is 6.11. The van der Waals surface area contributed by atoms with Gasteiger partial charge in [-0.25, -0.2) is 0 Å². The second kappa shape index (κ2) is 5.79. The SMILES string of the molecule is OC1C(O)C(O)C(O)(CCCSF)C(O)C1O. The van der Waals surface area contributed by atoms with Crippen LogP contribution in [0, 0.1) is 0 Å². The van der Waals surface area contributed by atoms with E-state index in [-0.39, 0.29) is 30.7 Å². The van der Waals surface area contributed by atoms with Crippen molar-refractivity contribution in [2.24, 2.45) is 0 Å². The minimum Gasteiger partial charge on any atom is -0.387 e. The van der Waals surface area contributed by atoms with Crippen molar-refractivity contribution in [2.45, 2.75) is 49.0 Å². The van der Waals surface area contributed by atoms with E-state index in [1.807, 2.05) is 0 Å². The van der Waals surface area contributed by atoms with Gasteiger partial charge in [0.05, 0.1) is 0 Å². The summed E-state index contributed by atoms with van der Waals surface area (Å²) in [5.74, 6) is 0.0521. The predicted octanol–water partition coefficient (Wildman–Crippen LogP) is -2.07. The Morgan fingerprint density at radius 1 is 0.941 bits per heavy atom. The quantitative estimate of drug-likeness (QED) is 0.325. The molecule has 102 valence electrons. The van der Waals surface area contributed by atoms with E-state index in [0.717, 1.165) is 0 Å². The average molecular weight is 272 g/mol. The zero-order valence-corrected chi connectivity index (χ0v) is 9.79. The summed E-state index contributed by atoms with van der Waals surface area (Å²) in [6.07, 6.45) is -8.95. The predicted molar refractivity (Wildman–Crippen MR) is 57.8 cm³/mol. The van der Waals surface area contributed by atoms with E-state index < -0.39 is 36.1 Å². The molecule has 0 aromatic heterocycles. The summed E-state index contributed by atoms with van der Waals surface area (Å²) in [7, 11) is 0. The Balaban J connectivity index is 2.80. The fourth-order valence-corrected chi connectivity index (χ4v) is 2.30. The summed E-state index contributed by atoms with van der Waals surface area (Å²) < 4.78 is 11.9. The molecule has 6 N–H and O–H groups in total. The van der Waals surface area contributed by atoms with Crippen LogP contribution in [-0.2, 0) is 0 Å². The van der Waals surface area contributed by atoms with Crippen LogP contribution in [0.5, 0.6) is 0 Å². The smallest absolute Gasteiger partial charge is 0.122 e. The Morgan fingerprint density at radius 2 is 1.41 bits per heavy atom. The molecule has 6 nitrogen and oxygen atoms in total. The van der Waals surface area contributed by atoms with Crippen LogP contribution in [0.25, 0.3) is 0 Å². The molecule has 0 saturated heterocycles. The van der Waals surface area contributed by atoms with Crippen LogP contribution >= 0.6 is 12.1 Å². The third kappa shape index (κ3) is 2.73. The number of hydrogen-bond donors (Lipinski definition) is 6. The van der Waals surface area contributed by atoms with E-state index in [4.69, 9.17) is 0 Å². The summed E-state index contributed by atoms with van der Waals surface area (Å²) in [4.78, 5) is 0. The van der Waals surface area contributed by atoms with E-state index in [2.05, 4.69) is 0 Å². The van der Waals surface area contributed by atoms with Crippen LogP contribution < -0.4 is 0 Å². The van der Waals surface area contributed by atoms with Crippen LogP contribution in [0.2, 0.25) is 0 Å². The van der Waals surface area contributed by atoms with E-state index >= 15 is 0 Å². The zero-order valence-electron chi connectivity index (χ0n) is 8.98. The number of halogens is 1. The fraction of sp³-hybridized carbons (Fsp3) is 1.00.